The van der Waals surface area contributed by atoms with Gasteiger partial charge in [0, 0.05) is 10.8 Å². The van der Waals surface area contributed by atoms with Gasteiger partial charge < -0.3 is 8.83 Å². The molecule has 0 aliphatic heterocycles. The van der Waals surface area contributed by atoms with Gasteiger partial charge in [0.25, 0.3) is 5.78 Å². The lowest BCUT2D eigenvalue weighted by molar-refractivity contribution is 0.524. The molecule has 4 aromatic carbocycles. The van der Waals surface area contributed by atoms with E-state index in [1.807, 2.05) is 36.4 Å². The standard InChI is InChI=1S/C26H16O2/c1-3-7-17(8-4-1)19-11-13-21-23(15-19)27-26-25(21)22-14-12-20(16-24(22)28-26)18-9-5-2-6-10-18/h1-16H. The molecule has 2 aromatic heterocycles. The fraction of sp³-hybridized carbons (Fsp3) is 0. The Morgan fingerprint density at radius 3 is 1.36 bits per heavy atom. The van der Waals surface area contributed by atoms with Crippen LogP contribution in [0.4, 0.5) is 0 Å². The minimum atomic E-state index is 0.584. The quantitative estimate of drug-likeness (QED) is 0.317. The predicted molar refractivity (Wildman–Crippen MR) is 114 cm³/mol. The van der Waals surface area contributed by atoms with Crippen molar-refractivity contribution < 1.29 is 8.83 Å². The molecular formula is C26H16O2. The Balaban J connectivity index is 1.54. The molecule has 0 saturated carbocycles. The van der Waals surface area contributed by atoms with Gasteiger partial charge in [-0.1, -0.05) is 72.8 Å². The van der Waals surface area contributed by atoms with E-state index in [-0.39, 0.29) is 0 Å². The maximum Gasteiger partial charge on any atom is 0.299 e. The Kier molecular flexibility index (Phi) is 3.20. The highest BCUT2D eigenvalue weighted by atomic mass is 16.5. The molecule has 28 heavy (non-hydrogen) atoms. The van der Waals surface area contributed by atoms with Crippen LogP contribution in [-0.2, 0) is 0 Å². The van der Waals surface area contributed by atoms with Crippen molar-refractivity contribution in [1.29, 1.82) is 0 Å². The van der Waals surface area contributed by atoms with Crippen LogP contribution in [0, 0.1) is 0 Å². The van der Waals surface area contributed by atoms with Crippen molar-refractivity contribution in [2.45, 2.75) is 0 Å². The predicted octanol–water partition coefficient (Wildman–Crippen LogP) is 7.67. The Hall–Kier alpha value is -3.78. The average molecular weight is 360 g/mol. The number of benzene rings is 4. The van der Waals surface area contributed by atoms with Gasteiger partial charge in [0.15, 0.2) is 0 Å². The second kappa shape index (κ2) is 5.86. The van der Waals surface area contributed by atoms with Crippen molar-refractivity contribution in [2.24, 2.45) is 0 Å². The van der Waals surface area contributed by atoms with E-state index in [1.54, 1.807) is 0 Å². The van der Waals surface area contributed by atoms with Gasteiger partial charge in [-0.25, -0.2) is 0 Å². The van der Waals surface area contributed by atoms with Crippen LogP contribution < -0.4 is 0 Å². The lowest BCUT2D eigenvalue weighted by atomic mass is 10.0. The molecule has 0 fully saturated rings. The molecule has 0 bridgehead atoms. The molecule has 0 spiro atoms. The van der Waals surface area contributed by atoms with E-state index >= 15 is 0 Å². The van der Waals surface area contributed by atoms with Crippen molar-refractivity contribution >= 4 is 33.1 Å². The zero-order valence-electron chi connectivity index (χ0n) is 15.1. The van der Waals surface area contributed by atoms with Crippen molar-refractivity contribution in [3.63, 3.8) is 0 Å². The van der Waals surface area contributed by atoms with Crippen LogP contribution in [0.1, 0.15) is 0 Å². The molecule has 6 aromatic rings. The summed E-state index contributed by atoms with van der Waals surface area (Å²) in [4.78, 5) is 0. The van der Waals surface area contributed by atoms with E-state index in [2.05, 4.69) is 60.7 Å². The molecule has 2 heterocycles. The summed E-state index contributed by atoms with van der Waals surface area (Å²) in [7, 11) is 0. The number of furan rings is 2. The van der Waals surface area contributed by atoms with Crippen LogP contribution in [-0.4, -0.2) is 0 Å². The topological polar surface area (TPSA) is 26.3 Å². The lowest BCUT2D eigenvalue weighted by Crippen LogP contribution is -1.77. The van der Waals surface area contributed by atoms with Gasteiger partial charge >= 0.3 is 0 Å². The van der Waals surface area contributed by atoms with Crippen molar-refractivity contribution in [2.75, 3.05) is 0 Å². The summed E-state index contributed by atoms with van der Waals surface area (Å²) in [5.41, 5.74) is 6.33. The van der Waals surface area contributed by atoms with Gasteiger partial charge in [-0.2, -0.15) is 0 Å². The van der Waals surface area contributed by atoms with E-state index in [0.29, 0.717) is 5.78 Å². The molecule has 2 nitrogen and oxygen atoms in total. The average Bonchev–Trinajstić information content (AvgIpc) is 3.29. The third kappa shape index (κ3) is 2.28. The molecular weight excluding hydrogens is 344 g/mol. The van der Waals surface area contributed by atoms with E-state index in [1.165, 1.54) is 11.1 Å². The summed E-state index contributed by atoms with van der Waals surface area (Å²) in [5.74, 6) is 0.584. The number of rotatable bonds is 2. The molecule has 132 valence electrons. The Morgan fingerprint density at radius 1 is 0.429 bits per heavy atom. The van der Waals surface area contributed by atoms with Gasteiger partial charge in [0.05, 0.1) is 5.39 Å². The van der Waals surface area contributed by atoms with Crippen LogP contribution >= 0.6 is 0 Å². The molecule has 0 aliphatic rings. The zero-order valence-corrected chi connectivity index (χ0v) is 15.1. The monoisotopic (exact) mass is 360 g/mol. The fourth-order valence-electron chi connectivity index (χ4n) is 3.93. The summed E-state index contributed by atoms with van der Waals surface area (Å²) >= 11 is 0. The highest BCUT2D eigenvalue weighted by Gasteiger charge is 2.16. The maximum atomic E-state index is 6.08. The minimum Gasteiger partial charge on any atom is -0.425 e. The summed E-state index contributed by atoms with van der Waals surface area (Å²) in [6.07, 6.45) is 0. The molecule has 0 atom stereocenters. The third-order valence-corrected chi connectivity index (χ3v) is 5.33. The molecule has 2 heteroatoms. The van der Waals surface area contributed by atoms with Gasteiger partial charge in [-0.15, -0.1) is 0 Å². The maximum absolute atomic E-state index is 6.08. The van der Waals surface area contributed by atoms with Gasteiger partial charge in [0.1, 0.15) is 11.2 Å². The molecule has 0 radical (unpaired) electrons. The number of fused-ring (bicyclic) bond motifs is 5. The number of hydrogen-bond acceptors (Lipinski definition) is 2. The molecule has 6 rings (SSSR count). The van der Waals surface area contributed by atoms with Crippen LogP contribution in [0.2, 0.25) is 0 Å². The summed E-state index contributed by atoms with van der Waals surface area (Å²) in [5, 5.41) is 3.21. The Bertz CT molecular complexity index is 1330. The van der Waals surface area contributed by atoms with E-state index in [4.69, 9.17) is 8.83 Å². The van der Waals surface area contributed by atoms with E-state index in [9.17, 15) is 0 Å². The van der Waals surface area contributed by atoms with Crippen molar-refractivity contribution in [1.82, 2.24) is 0 Å². The second-order valence-corrected chi connectivity index (χ2v) is 7.02. The van der Waals surface area contributed by atoms with Crippen molar-refractivity contribution in [3.05, 3.63) is 97.1 Å². The lowest BCUT2D eigenvalue weighted by Gasteiger charge is -2.02. The highest BCUT2D eigenvalue weighted by Crippen LogP contribution is 2.39. The first kappa shape index (κ1) is 15.3. The van der Waals surface area contributed by atoms with E-state index < -0.39 is 0 Å². The molecule has 0 amide bonds. The smallest absolute Gasteiger partial charge is 0.299 e. The first-order valence-electron chi connectivity index (χ1n) is 9.36. The van der Waals surface area contributed by atoms with Crippen LogP contribution in [0.5, 0.6) is 0 Å². The summed E-state index contributed by atoms with van der Waals surface area (Å²) in [6.45, 7) is 0. The van der Waals surface area contributed by atoms with Crippen molar-refractivity contribution in [3.8, 4) is 22.3 Å². The zero-order chi connectivity index (χ0) is 18.5. The van der Waals surface area contributed by atoms with Gasteiger partial charge in [0.2, 0.25) is 0 Å². The second-order valence-electron chi connectivity index (χ2n) is 7.02. The highest BCUT2D eigenvalue weighted by molar-refractivity contribution is 6.18. The van der Waals surface area contributed by atoms with Crippen LogP contribution in [0.15, 0.2) is 106 Å². The SMILES string of the molecule is c1ccc(-c2ccc3c(c2)oc2oc4cc(-c5ccccc5)ccc4c23)cc1. The fourth-order valence-corrected chi connectivity index (χ4v) is 3.93. The minimum absolute atomic E-state index is 0.584. The van der Waals surface area contributed by atoms with E-state index in [0.717, 1.165) is 38.5 Å². The summed E-state index contributed by atoms with van der Waals surface area (Å²) in [6, 6.07) is 33.4. The Morgan fingerprint density at radius 2 is 0.893 bits per heavy atom. The molecule has 0 aliphatic carbocycles. The number of hydrogen-bond donors (Lipinski definition) is 0. The summed E-state index contributed by atoms with van der Waals surface area (Å²) < 4.78 is 12.2. The largest absolute Gasteiger partial charge is 0.425 e. The van der Waals surface area contributed by atoms with Crippen LogP contribution in [0.3, 0.4) is 0 Å². The first-order valence-corrected chi connectivity index (χ1v) is 9.36. The van der Waals surface area contributed by atoms with Gasteiger partial charge in [-0.3, -0.25) is 0 Å². The first-order chi connectivity index (χ1) is 13.9. The van der Waals surface area contributed by atoms with Gasteiger partial charge in [-0.05, 0) is 46.5 Å². The van der Waals surface area contributed by atoms with Crippen LogP contribution in [0.25, 0.3) is 55.4 Å². The molecule has 0 saturated heterocycles. The normalized spacial score (nSPS) is 11.6. The molecule has 0 N–H and O–H groups in total. The Labute approximate surface area is 161 Å². The molecule has 0 unspecified atom stereocenters. The third-order valence-electron chi connectivity index (χ3n) is 5.33.